The standard InChI is InChI=1S/C15H24FNOS/c1-18-15-8-7-13(11-14(15)16)12-17-9-5-3-4-6-10-19-2/h7-8,11,17H,3-6,9-10,12H2,1-2H3. The first kappa shape index (κ1) is 16.3. The van der Waals surface area contributed by atoms with Crippen LogP contribution in [0.25, 0.3) is 0 Å². The lowest BCUT2D eigenvalue weighted by atomic mass is 10.2. The number of nitrogens with one attached hydrogen (secondary N) is 1. The molecule has 0 amide bonds. The van der Waals surface area contributed by atoms with E-state index in [1.807, 2.05) is 17.8 Å². The summed E-state index contributed by atoms with van der Waals surface area (Å²) in [6.45, 7) is 1.71. The summed E-state index contributed by atoms with van der Waals surface area (Å²) in [4.78, 5) is 0. The number of unbranched alkanes of at least 4 members (excludes halogenated alkanes) is 3. The number of halogens is 1. The van der Waals surface area contributed by atoms with Gasteiger partial charge in [0.15, 0.2) is 11.6 Å². The minimum absolute atomic E-state index is 0.293. The van der Waals surface area contributed by atoms with Crippen molar-refractivity contribution in [3.63, 3.8) is 0 Å². The van der Waals surface area contributed by atoms with E-state index in [2.05, 4.69) is 11.6 Å². The molecule has 0 aliphatic heterocycles. The molecule has 0 heterocycles. The molecule has 2 nitrogen and oxygen atoms in total. The van der Waals surface area contributed by atoms with Gasteiger partial charge in [0.05, 0.1) is 7.11 Å². The quantitative estimate of drug-likeness (QED) is 0.660. The van der Waals surface area contributed by atoms with Gasteiger partial charge in [-0.3, -0.25) is 0 Å². The van der Waals surface area contributed by atoms with Crippen molar-refractivity contribution < 1.29 is 9.13 Å². The Bertz CT molecular complexity index is 360. The van der Waals surface area contributed by atoms with Gasteiger partial charge in [0.2, 0.25) is 0 Å². The van der Waals surface area contributed by atoms with Crippen LogP contribution in [0.15, 0.2) is 18.2 Å². The van der Waals surface area contributed by atoms with Gasteiger partial charge < -0.3 is 10.1 Å². The van der Waals surface area contributed by atoms with Crippen molar-refractivity contribution in [1.82, 2.24) is 5.32 Å². The zero-order chi connectivity index (χ0) is 13.9. The van der Waals surface area contributed by atoms with Gasteiger partial charge in [0, 0.05) is 6.54 Å². The van der Waals surface area contributed by atoms with Gasteiger partial charge >= 0.3 is 0 Å². The number of ether oxygens (including phenoxy) is 1. The van der Waals surface area contributed by atoms with Gasteiger partial charge in [-0.05, 0) is 49.1 Å². The Morgan fingerprint density at radius 3 is 2.68 bits per heavy atom. The fourth-order valence-corrected chi connectivity index (χ4v) is 2.40. The predicted molar refractivity (Wildman–Crippen MR) is 81.5 cm³/mol. The highest BCUT2D eigenvalue weighted by Gasteiger charge is 2.02. The molecule has 1 rings (SSSR count). The predicted octanol–water partition coefficient (Wildman–Crippen LogP) is 3.85. The van der Waals surface area contributed by atoms with E-state index in [1.54, 1.807) is 6.07 Å². The molecule has 0 bridgehead atoms. The molecule has 0 saturated carbocycles. The summed E-state index contributed by atoms with van der Waals surface area (Å²) in [5, 5.41) is 3.34. The molecule has 0 radical (unpaired) electrons. The van der Waals surface area contributed by atoms with Gasteiger partial charge in [-0.2, -0.15) is 11.8 Å². The number of thioether (sulfide) groups is 1. The Morgan fingerprint density at radius 1 is 1.21 bits per heavy atom. The third kappa shape index (κ3) is 6.83. The van der Waals surface area contributed by atoms with Crippen LogP contribution in [0.1, 0.15) is 31.2 Å². The van der Waals surface area contributed by atoms with Gasteiger partial charge in [0.1, 0.15) is 0 Å². The van der Waals surface area contributed by atoms with Crippen molar-refractivity contribution in [2.45, 2.75) is 32.2 Å². The highest BCUT2D eigenvalue weighted by Crippen LogP contribution is 2.17. The van der Waals surface area contributed by atoms with Gasteiger partial charge in [-0.25, -0.2) is 4.39 Å². The highest BCUT2D eigenvalue weighted by molar-refractivity contribution is 7.98. The number of rotatable bonds is 10. The monoisotopic (exact) mass is 285 g/mol. The number of methoxy groups -OCH3 is 1. The molecule has 1 aromatic carbocycles. The van der Waals surface area contributed by atoms with Crippen LogP contribution in [0.5, 0.6) is 5.75 Å². The number of benzene rings is 1. The second-order valence-electron chi connectivity index (χ2n) is 4.55. The molecule has 4 heteroatoms. The molecule has 0 aliphatic carbocycles. The summed E-state index contributed by atoms with van der Waals surface area (Å²) in [6.07, 6.45) is 7.22. The normalized spacial score (nSPS) is 10.7. The first-order valence-electron chi connectivity index (χ1n) is 6.80. The largest absolute Gasteiger partial charge is 0.494 e. The average Bonchev–Trinajstić information content (AvgIpc) is 2.42. The lowest BCUT2D eigenvalue weighted by Gasteiger charge is -2.07. The van der Waals surface area contributed by atoms with Crippen LogP contribution in [-0.4, -0.2) is 25.7 Å². The Kier molecular flexibility index (Phi) is 8.67. The molecular formula is C15H24FNOS. The molecule has 0 fully saturated rings. The van der Waals surface area contributed by atoms with Crippen molar-refractivity contribution in [1.29, 1.82) is 0 Å². The highest BCUT2D eigenvalue weighted by atomic mass is 32.2. The van der Waals surface area contributed by atoms with E-state index >= 15 is 0 Å². The van der Waals surface area contributed by atoms with E-state index in [-0.39, 0.29) is 5.82 Å². The van der Waals surface area contributed by atoms with Crippen molar-refractivity contribution in [3.05, 3.63) is 29.6 Å². The third-order valence-corrected chi connectivity index (χ3v) is 3.69. The average molecular weight is 285 g/mol. The van der Waals surface area contributed by atoms with Crippen LogP contribution in [0, 0.1) is 5.82 Å². The zero-order valence-corrected chi connectivity index (χ0v) is 12.7. The SMILES string of the molecule is COc1ccc(CNCCCCCCSC)cc1F. The van der Waals surface area contributed by atoms with Crippen LogP contribution >= 0.6 is 11.8 Å². The van der Waals surface area contributed by atoms with Crippen LogP contribution in [-0.2, 0) is 6.54 Å². The first-order chi connectivity index (χ1) is 9.27. The molecule has 0 saturated heterocycles. The summed E-state index contributed by atoms with van der Waals surface area (Å²) in [5.74, 6) is 1.27. The molecule has 0 unspecified atom stereocenters. The Hall–Kier alpha value is -0.740. The molecule has 108 valence electrons. The first-order valence-corrected chi connectivity index (χ1v) is 8.19. The van der Waals surface area contributed by atoms with Crippen LogP contribution in [0.2, 0.25) is 0 Å². The van der Waals surface area contributed by atoms with E-state index in [1.165, 1.54) is 44.6 Å². The van der Waals surface area contributed by atoms with E-state index in [4.69, 9.17) is 4.74 Å². The lowest BCUT2D eigenvalue weighted by molar-refractivity contribution is 0.386. The molecule has 0 atom stereocenters. The Labute approximate surface area is 120 Å². The van der Waals surface area contributed by atoms with Gasteiger partial charge in [-0.1, -0.05) is 18.9 Å². The molecular weight excluding hydrogens is 261 g/mol. The Balaban J connectivity index is 2.11. The van der Waals surface area contributed by atoms with Crippen molar-refractivity contribution in [2.75, 3.05) is 25.7 Å². The summed E-state index contributed by atoms with van der Waals surface area (Å²) in [6, 6.07) is 5.10. The summed E-state index contributed by atoms with van der Waals surface area (Å²) >= 11 is 1.91. The second kappa shape index (κ2) is 10.1. The molecule has 0 aliphatic rings. The number of hydrogen-bond donors (Lipinski definition) is 1. The van der Waals surface area contributed by atoms with Gasteiger partial charge in [0.25, 0.3) is 0 Å². The smallest absolute Gasteiger partial charge is 0.165 e. The molecule has 19 heavy (non-hydrogen) atoms. The fourth-order valence-electron chi connectivity index (χ4n) is 1.90. The maximum Gasteiger partial charge on any atom is 0.165 e. The Morgan fingerprint density at radius 2 is 2.00 bits per heavy atom. The lowest BCUT2D eigenvalue weighted by Crippen LogP contribution is -2.14. The van der Waals surface area contributed by atoms with Crippen LogP contribution in [0.4, 0.5) is 4.39 Å². The fraction of sp³-hybridized carbons (Fsp3) is 0.600. The molecule has 0 aromatic heterocycles. The molecule has 1 aromatic rings. The maximum atomic E-state index is 13.4. The van der Waals surface area contributed by atoms with Crippen molar-refractivity contribution in [2.24, 2.45) is 0 Å². The van der Waals surface area contributed by atoms with Gasteiger partial charge in [-0.15, -0.1) is 0 Å². The summed E-state index contributed by atoms with van der Waals surface area (Å²) < 4.78 is 18.3. The summed E-state index contributed by atoms with van der Waals surface area (Å²) in [5.41, 5.74) is 0.959. The van der Waals surface area contributed by atoms with Crippen molar-refractivity contribution >= 4 is 11.8 Å². The number of hydrogen-bond acceptors (Lipinski definition) is 3. The summed E-state index contributed by atoms with van der Waals surface area (Å²) in [7, 11) is 1.48. The van der Waals surface area contributed by atoms with Crippen LogP contribution in [0.3, 0.4) is 0 Å². The zero-order valence-electron chi connectivity index (χ0n) is 11.9. The third-order valence-electron chi connectivity index (χ3n) is 3.00. The van der Waals surface area contributed by atoms with E-state index in [9.17, 15) is 4.39 Å². The minimum Gasteiger partial charge on any atom is -0.494 e. The molecule has 0 spiro atoms. The maximum absolute atomic E-state index is 13.4. The van der Waals surface area contributed by atoms with Crippen LogP contribution < -0.4 is 10.1 Å². The van der Waals surface area contributed by atoms with E-state index in [0.29, 0.717) is 12.3 Å². The van der Waals surface area contributed by atoms with E-state index in [0.717, 1.165) is 12.1 Å². The minimum atomic E-state index is -0.293. The second-order valence-corrected chi connectivity index (χ2v) is 5.54. The topological polar surface area (TPSA) is 21.3 Å². The van der Waals surface area contributed by atoms with Crippen molar-refractivity contribution in [3.8, 4) is 5.75 Å². The van der Waals surface area contributed by atoms with E-state index < -0.39 is 0 Å². The molecule has 1 N–H and O–H groups in total.